The van der Waals surface area contributed by atoms with Gasteiger partial charge in [0.2, 0.25) is 0 Å². The van der Waals surface area contributed by atoms with Crippen LogP contribution < -0.4 is 0 Å². The van der Waals surface area contributed by atoms with Gasteiger partial charge in [0, 0.05) is 20.1 Å². The van der Waals surface area contributed by atoms with Gasteiger partial charge in [-0.25, -0.2) is 9.59 Å². The third-order valence-corrected chi connectivity index (χ3v) is 4.39. The molecule has 7 heteroatoms. The highest BCUT2D eigenvalue weighted by atomic mass is 16.6. The van der Waals surface area contributed by atoms with Crippen LogP contribution in [-0.2, 0) is 16.1 Å². The fourth-order valence-corrected chi connectivity index (χ4v) is 2.92. The average Bonchev–Trinajstić information content (AvgIpc) is 2.59. The number of nitrogens with zero attached hydrogens (tertiary/aromatic N) is 2. The van der Waals surface area contributed by atoms with Crippen LogP contribution >= 0.6 is 0 Å². The van der Waals surface area contributed by atoms with Gasteiger partial charge in [-0.15, -0.1) is 0 Å². The van der Waals surface area contributed by atoms with Gasteiger partial charge < -0.3 is 24.4 Å². The molecule has 1 aromatic rings. The number of piperidine rings is 1. The highest BCUT2D eigenvalue weighted by Crippen LogP contribution is 2.24. The predicted octanol–water partition coefficient (Wildman–Crippen LogP) is 3.02. The number of carbonyl (C=O) groups is 2. The molecule has 0 bridgehead atoms. The maximum absolute atomic E-state index is 12.2. The second kappa shape index (κ2) is 8.61. The third-order valence-electron chi connectivity index (χ3n) is 4.39. The molecule has 0 radical (unpaired) electrons. The zero-order valence-electron chi connectivity index (χ0n) is 16.6. The zero-order chi connectivity index (χ0) is 20.1. The monoisotopic (exact) mass is 378 g/mol. The molecular formula is C20H30N2O5. The minimum atomic E-state index is -1.04. The van der Waals surface area contributed by atoms with Gasteiger partial charge in [0.1, 0.15) is 12.2 Å². The summed E-state index contributed by atoms with van der Waals surface area (Å²) in [4.78, 5) is 27.3. The summed E-state index contributed by atoms with van der Waals surface area (Å²) in [6.45, 7) is 6.54. The zero-order valence-corrected chi connectivity index (χ0v) is 16.6. The lowest BCUT2D eigenvalue weighted by Gasteiger charge is -2.39. The van der Waals surface area contributed by atoms with Crippen molar-refractivity contribution >= 4 is 12.2 Å². The van der Waals surface area contributed by atoms with Crippen molar-refractivity contribution in [2.24, 2.45) is 0 Å². The molecule has 2 amide bonds. The lowest BCUT2D eigenvalue weighted by molar-refractivity contribution is -0.0457. The van der Waals surface area contributed by atoms with Crippen LogP contribution in [0.4, 0.5) is 9.59 Å². The second-order valence-electron chi connectivity index (χ2n) is 8.09. The first-order chi connectivity index (χ1) is 12.6. The molecule has 7 nitrogen and oxygen atoms in total. The maximum Gasteiger partial charge on any atom is 0.410 e. The number of carbonyl (C=O) groups excluding carboxylic acids is 2. The van der Waals surface area contributed by atoms with Crippen LogP contribution in [0.15, 0.2) is 30.3 Å². The molecule has 1 aliphatic heterocycles. The lowest BCUT2D eigenvalue weighted by Crippen LogP contribution is -2.52. The second-order valence-corrected chi connectivity index (χ2v) is 8.09. The Morgan fingerprint density at radius 1 is 1.19 bits per heavy atom. The molecule has 0 spiro atoms. The van der Waals surface area contributed by atoms with E-state index >= 15 is 0 Å². The Hall–Kier alpha value is -2.28. The van der Waals surface area contributed by atoms with Crippen molar-refractivity contribution < 1.29 is 24.2 Å². The van der Waals surface area contributed by atoms with Crippen molar-refractivity contribution in [2.45, 2.75) is 51.4 Å². The summed E-state index contributed by atoms with van der Waals surface area (Å²) in [6.07, 6.45) is -0.108. The molecule has 0 aliphatic carbocycles. The molecule has 1 aliphatic rings. The van der Waals surface area contributed by atoms with Crippen molar-refractivity contribution in [1.29, 1.82) is 0 Å². The van der Waals surface area contributed by atoms with Gasteiger partial charge in [-0.1, -0.05) is 30.3 Å². The van der Waals surface area contributed by atoms with Crippen molar-refractivity contribution in [3.8, 4) is 0 Å². The smallest absolute Gasteiger partial charge is 0.410 e. The van der Waals surface area contributed by atoms with E-state index in [1.54, 1.807) is 32.7 Å². The standard InChI is InChI=1S/C20H30N2O5/c1-19(2,3)27-17(23)21(4)15-20(25)10-12-22(13-11-20)18(24)26-14-16-8-6-5-7-9-16/h5-9,25H,10-15H2,1-4H3. The van der Waals surface area contributed by atoms with E-state index in [4.69, 9.17) is 9.47 Å². The summed E-state index contributed by atoms with van der Waals surface area (Å²) in [6, 6.07) is 9.49. The molecule has 0 aromatic heterocycles. The summed E-state index contributed by atoms with van der Waals surface area (Å²) in [7, 11) is 1.60. The van der Waals surface area contributed by atoms with Gasteiger partial charge in [-0.3, -0.25) is 0 Å². The molecule has 1 fully saturated rings. The molecule has 2 rings (SSSR count). The molecule has 1 saturated heterocycles. The van der Waals surface area contributed by atoms with E-state index in [1.807, 2.05) is 30.3 Å². The summed E-state index contributed by atoms with van der Waals surface area (Å²) < 4.78 is 10.6. The number of ether oxygens (including phenoxy) is 2. The van der Waals surface area contributed by atoms with Crippen LogP contribution in [0, 0.1) is 0 Å². The molecule has 0 unspecified atom stereocenters. The van der Waals surface area contributed by atoms with Crippen molar-refractivity contribution in [3.05, 3.63) is 35.9 Å². The molecule has 1 aromatic carbocycles. The Balaban J connectivity index is 1.79. The number of hydrogen-bond donors (Lipinski definition) is 1. The summed E-state index contributed by atoms with van der Waals surface area (Å²) in [5.41, 5.74) is -0.694. The number of likely N-dealkylation sites (tertiary alicyclic amines) is 1. The first-order valence-electron chi connectivity index (χ1n) is 9.20. The van der Waals surface area contributed by atoms with Gasteiger partial charge in [0.05, 0.1) is 12.1 Å². The minimum absolute atomic E-state index is 0.162. The Bertz CT molecular complexity index is 634. The van der Waals surface area contributed by atoms with Crippen LogP contribution in [0.3, 0.4) is 0 Å². The summed E-state index contributed by atoms with van der Waals surface area (Å²) in [5, 5.41) is 10.8. The van der Waals surface area contributed by atoms with Gasteiger partial charge in [0.25, 0.3) is 0 Å². The lowest BCUT2D eigenvalue weighted by atomic mass is 9.91. The molecule has 1 heterocycles. The minimum Gasteiger partial charge on any atom is -0.445 e. The Morgan fingerprint density at radius 3 is 2.33 bits per heavy atom. The highest BCUT2D eigenvalue weighted by Gasteiger charge is 2.37. The van der Waals surface area contributed by atoms with E-state index in [-0.39, 0.29) is 19.2 Å². The Kier molecular flexibility index (Phi) is 6.70. The number of likely N-dealkylation sites (N-methyl/N-ethyl adjacent to an activating group) is 1. The van der Waals surface area contributed by atoms with E-state index in [9.17, 15) is 14.7 Å². The number of benzene rings is 1. The normalized spacial score (nSPS) is 16.6. The van der Waals surface area contributed by atoms with Crippen molar-refractivity contribution in [1.82, 2.24) is 9.80 Å². The number of amides is 2. The van der Waals surface area contributed by atoms with Crippen LogP contribution in [-0.4, -0.2) is 65.0 Å². The maximum atomic E-state index is 12.2. The van der Waals surface area contributed by atoms with E-state index in [0.29, 0.717) is 25.9 Å². The SMILES string of the molecule is CN(CC1(O)CCN(C(=O)OCc2ccccc2)CC1)C(=O)OC(C)(C)C. The Morgan fingerprint density at radius 2 is 1.78 bits per heavy atom. The van der Waals surface area contributed by atoms with Gasteiger partial charge in [-0.2, -0.15) is 0 Å². The molecule has 150 valence electrons. The van der Waals surface area contributed by atoms with E-state index in [1.165, 1.54) is 4.90 Å². The van der Waals surface area contributed by atoms with Gasteiger partial charge >= 0.3 is 12.2 Å². The number of hydrogen-bond acceptors (Lipinski definition) is 5. The van der Waals surface area contributed by atoms with Crippen LogP contribution in [0.2, 0.25) is 0 Å². The highest BCUT2D eigenvalue weighted by molar-refractivity contribution is 5.68. The molecule has 0 saturated carbocycles. The fraction of sp³-hybridized carbons (Fsp3) is 0.600. The van der Waals surface area contributed by atoms with Gasteiger partial charge in [-0.05, 0) is 39.2 Å². The van der Waals surface area contributed by atoms with Crippen molar-refractivity contribution in [3.63, 3.8) is 0 Å². The molecule has 27 heavy (non-hydrogen) atoms. The summed E-state index contributed by atoms with van der Waals surface area (Å²) in [5.74, 6) is 0. The van der Waals surface area contributed by atoms with Crippen LogP contribution in [0.1, 0.15) is 39.2 Å². The van der Waals surface area contributed by atoms with Gasteiger partial charge in [0.15, 0.2) is 0 Å². The number of rotatable bonds is 4. The largest absolute Gasteiger partial charge is 0.445 e. The van der Waals surface area contributed by atoms with E-state index in [0.717, 1.165) is 5.56 Å². The molecule has 0 atom stereocenters. The predicted molar refractivity (Wildman–Crippen MR) is 101 cm³/mol. The van der Waals surface area contributed by atoms with Crippen LogP contribution in [0.5, 0.6) is 0 Å². The van der Waals surface area contributed by atoms with E-state index < -0.39 is 17.3 Å². The average molecular weight is 378 g/mol. The fourth-order valence-electron chi connectivity index (χ4n) is 2.92. The Labute approximate surface area is 160 Å². The van der Waals surface area contributed by atoms with Crippen LogP contribution in [0.25, 0.3) is 0 Å². The topological polar surface area (TPSA) is 79.3 Å². The first kappa shape index (κ1) is 21.0. The molecule has 1 N–H and O–H groups in total. The molecular weight excluding hydrogens is 348 g/mol. The number of aliphatic hydroxyl groups is 1. The quantitative estimate of drug-likeness (QED) is 0.871. The summed E-state index contributed by atoms with van der Waals surface area (Å²) >= 11 is 0. The van der Waals surface area contributed by atoms with E-state index in [2.05, 4.69) is 0 Å². The van der Waals surface area contributed by atoms with Crippen molar-refractivity contribution in [2.75, 3.05) is 26.7 Å². The third kappa shape index (κ3) is 6.75. The first-order valence-corrected chi connectivity index (χ1v) is 9.20.